The summed E-state index contributed by atoms with van der Waals surface area (Å²) in [5, 5.41) is 0. The van der Waals surface area contributed by atoms with E-state index in [0.717, 1.165) is 31.5 Å². The maximum atomic E-state index is 12.8. The lowest BCUT2D eigenvalue weighted by atomic mass is 10.1. The lowest BCUT2D eigenvalue weighted by Gasteiger charge is -2.23. The van der Waals surface area contributed by atoms with Crippen LogP contribution in [0.5, 0.6) is 0 Å². The van der Waals surface area contributed by atoms with Crippen LogP contribution in [0.2, 0.25) is 0 Å². The van der Waals surface area contributed by atoms with E-state index in [0.29, 0.717) is 16.9 Å². The van der Waals surface area contributed by atoms with Crippen molar-refractivity contribution in [3.8, 4) is 0 Å². The second-order valence-electron chi connectivity index (χ2n) is 5.43. The van der Waals surface area contributed by atoms with Gasteiger partial charge in [0, 0.05) is 29.2 Å². The summed E-state index contributed by atoms with van der Waals surface area (Å²) >= 11 is 0. The monoisotopic (exact) mass is 281 g/mol. The number of carbonyl (C=O) groups is 1. The molecule has 2 aromatic carbocycles. The predicted molar refractivity (Wildman–Crippen MR) is 86.3 cm³/mol. The minimum atomic E-state index is -0.0386. The van der Waals surface area contributed by atoms with Crippen LogP contribution in [0.3, 0.4) is 0 Å². The largest absolute Gasteiger partial charge is 0.399 e. The van der Waals surface area contributed by atoms with E-state index in [4.69, 9.17) is 11.5 Å². The third kappa shape index (κ3) is 2.70. The van der Waals surface area contributed by atoms with E-state index in [-0.39, 0.29) is 5.91 Å². The van der Waals surface area contributed by atoms with Gasteiger partial charge in [0.1, 0.15) is 0 Å². The van der Waals surface area contributed by atoms with Crippen molar-refractivity contribution in [2.24, 2.45) is 0 Å². The third-order valence-corrected chi connectivity index (χ3v) is 3.83. The molecule has 0 radical (unpaired) electrons. The number of para-hydroxylation sites is 1. The highest BCUT2D eigenvalue weighted by molar-refractivity contribution is 6.07. The average Bonchev–Trinajstić information content (AvgIpc) is 2.68. The number of aryl methyl sites for hydroxylation is 1. The van der Waals surface area contributed by atoms with Gasteiger partial charge in [-0.1, -0.05) is 18.2 Å². The predicted octanol–water partition coefficient (Wildman–Crippen LogP) is 2.83. The van der Waals surface area contributed by atoms with Gasteiger partial charge < -0.3 is 16.4 Å². The molecule has 1 heterocycles. The van der Waals surface area contributed by atoms with Gasteiger partial charge in [0.05, 0.1) is 0 Å². The zero-order chi connectivity index (χ0) is 14.8. The molecule has 0 saturated carbocycles. The smallest absolute Gasteiger partial charge is 0.258 e. The number of rotatable bonds is 1. The van der Waals surface area contributed by atoms with E-state index in [1.807, 2.05) is 23.1 Å². The summed E-state index contributed by atoms with van der Waals surface area (Å²) < 4.78 is 0. The Hall–Kier alpha value is -2.49. The molecular weight excluding hydrogens is 262 g/mol. The molecule has 1 amide bonds. The van der Waals surface area contributed by atoms with Gasteiger partial charge in [0.2, 0.25) is 0 Å². The van der Waals surface area contributed by atoms with Gasteiger partial charge in [-0.2, -0.15) is 0 Å². The molecule has 4 heteroatoms. The van der Waals surface area contributed by atoms with Crippen LogP contribution in [0.4, 0.5) is 17.1 Å². The van der Waals surface area contributed by atoms with E-state index >= 15 is 0 Å². The van der Waals surface area contributed by atoms with Crippen LogP contribution in [0, 0.1) is 0 Å². The molecule has 2 aromatic rings. The minimum Gasteiger partial charge on any atom is -0.399 e. The molecule has 0 aliphatic carbocycles. The van der Waals surface area contributed by atoms with Crippen LogP contribution >= 0.6 is 0 Å². The quantitative estimate of drug-likeness (QED) is 0.789. The Balaban J connectivity index is 2.01. The van der Waals surface area contributed by atoms with Crippen LogP contribution in [-0.2, 0) is 6.42 Å². The molecule has 0 bridgehead atoms. The van der Waals surface area contributed by atoms with Crippen LogP contribution in [-0.4, -0.2) is 12.5 Å². The van der Waals surface area contributed by atoms with Crippen molar-refractivity contribution < 1.29 is 4.79 Å². The van der Waals surface area contributed by atoms with Gasteiger partial charge in [0.25, 0.3) is 5.91 Å². The first kappa shape index (κ1) is 13.5. The Bertz CT molecular complexity index is 661. The van der Waals surface area contributed by atoms with Crippen molar-refractivity contribution in [1.29, 1.82) is 0 Å². The first-order chi connectivity index (χ1) is 10.1. The first-order valence-electron chi connectivity index (χ1n) is 7.21. The summed E-state index contributed by atoms with van der Waals surface area (Å²) in [6.07, 6.45) is 3.11. The number of anilines is 3. The fraction of sp³-hybridized carbons (Fsp3) is 0.235. The van der Waals surface area contributed by atoms with Gasteiger partial charge in [-0.25, -0.2) is 0 Å². The molecule has 0 fully saturated rings. The number of nitrogens with two attached hydrogens (primary N) is 2. The van der Waals surface area contributed by atoms with Crippen molar-refractivity contribution in [3.63, 3.8) is 0 Å². The Labute approximate surface area is 124 Å². The highest BCUT2D eigenvalue weighted by Crippen LogP contribution is 2.28. The molecule has 0 atom stereocenters. The fourth-order valence-electron chi connectivity index (χ4n) is 2.86. The van der Waals surface area contributed by atoms with Crippen molar-refractivity contribution in [1.82, 2.24) is 0 Å². The fourth-order valence-corrected chi connectivity index (χ4v) is 2.86. The summed E-state index contributed by atoms with van der Waals surface area (Å²) in [6.45, 7) is 0.727. The number of benzene rings is 2. The molecule has 21 heavy (non-hydrogen) atoms. The number of nitrogens with zero attached hydrogens (tertiary/aromatic N) is 1. The van der Waals surface area contributed by atoms with E-state index in [2.05, 4.69) is 6.07 Å². The van der Waals surface area contributed by atoms with Crippen molar-refractivity contribution in [2.45, 2.75) is 19.3 Å². The molecule has 1 aliphatic rings. The van der Waals surface area contributed by atoms with E-state index < -0.39 is 0 Å². The molecule has 3 rings (SSSR count). The number of amides is 1. The van der Waals surface area contributed by atoms with Gasteiger partial charge in [-0.05, 0) is 49.1 Å². The summed E-state index contributed by atoms with van der Waals surface area (Å²) in [5.74, 6) is -0.0386. The summed E-state index contributed by atoms with van der Waals surface area (Å²) in [4.78, 5) is 14.7. The standard InChI is InChI=1S/C17H19N3O/c18-14-9-13(10-15(19)11-14)17(21)20-8-4-3-6-12-5-1-2-7-16(12)20/h1-2,5,7,9-11H,3-4,6,8,18-19H2. The molecular formula is C17H19N3O. The van der Waals surface area contributed by atoms with Gasteiger partial charge in [0.15, 0.2) is 0 Å². The first-order valence-corrected chi connectivity index (χ1v) is 7.21. The van der Waals surface area contributed by atoms with E-state index in [9.17, 15) is 4.79 Å². The van der Waals surface area contributed by atoms with Crippen molar-refractivity contribution in [3.05, 3.63) is 53.6 Å². The lowest BCUT2D eigenvalue weighted by molar-refractivity contribution is 0.0987. The average molecular weight is 281 g/mol. The summed E-state index contributed by atoms with van der Waals surface area (Å²) in [6, 6.07) is 13.1. The molecule has 108 valence electrons. The number of hydrogen-bond donors (Lipinski definition) is 2. The molecule has 0 spiro atoms. The number of hydrogen-bond acceptors (Lipinski definition) is 3. The highest BCUT2D eigenvalue weighted by Gasteiger charge is 2.22. The number of fused-ring (bicyclic) bond motifs is 1. The van der Waals surface area contributed by atoms with Crippen LogP contribution in [0.25, 0.3) is 0 Å². The maximum absolute atomic E-state index is 12.8. The van der Waals surface area contributed by atoms with Gasteiger partial charge in [-0.3, -0.25) is 4.79 Å². The van der Waals surface area contributed by atoms with Crippen molar-refractivity contribution >= 4 is 23.0 Å². The topological polar surface area (TPSA) is 72.3 Å². The van der Waals surface area contributed by atoms with Gasteiger partial charge >= 0.3 is 0 Å². The molecule has 4 N–H and O–H groups in total. The van der Waals surface area contributed by atoms with Crippen LogP contribution in [0.1, 0.15) is 28.8 Å². The zero-order valence-electron chi connectivity index (χ0n) is 11.9. The summed E-state index contributed by atoms with van der Waals surface area (Å²) in [7, 11) is 0. The van der Waals surface area contributed by atoms with E-state index in [1.54, 1.807) is 18.2 Å². The third-order valence-electron chi connectivity index (χ3n) is 3.83. The molecule has 0 unspecified atom stereocenters. The Kier molecular flexibility index (Phi) is 3.52. The lowest BCUT2D eigenvalue weighted by Crippen LogP contribution is -2.31. The Morgan fingerprint density at radius 1 is 1.00 bits per heavy atom. The molecule has 1 aliphatic heterocycles. The Morgan fingerprint density at radius 3 is 2.48 bits per heavy atom. The van der Waals surface area contributed by atoms with Crippen molar-refractivity contribution in [2.75, 3.05) is 22.9 Å². The SMILES string of the molecule is Nc1cc(N)cc(C(=O)N2CCCCc3ccccc32)c1. The second kappa shape index (κ2) is 5.48. The molecule has 4 nitrogen and oxygen atoms in total. The minimum absolute atomic E-state index is 0.0386. The Morgan fingerprint density at radius 2 is 1.71 bits per heavy atom. The van der Waals surface area contributed by atoms with Gasteiger partial charge in [-0.15, -0.1) is 0 Å². The van der Waals surface area contributed by atoms with E-state index in [1.165, 1.54) is 5.56 Å². The summed E-state index contributed by atoms with van der Waals surface area (Å²) in [5.41, 5.74) is 15.4. The van der Waals surface area contributed by atoms with Crippen LogP contribution < -0.4 is 16.4 Å². The number of nitrogen functional groups attached to an aromatic ring is 2. The zero-order valence-corrected chi connectivity index (χ0v) is 11.9. The van der Waals surface area contributed by atoms with Crippen LogP contribution in [0.15, 0.2) is 42.5 Å². The number of carbonyl (C=O) groups excluding carboxylic acids is 1. The molecule has 0 aromatic heterocycles. The second-order valence-corrected chi connectivity index (χ2v) is 5.43. The normalized spacial score (nSPS) is 14.4. The highest BCUT2D eigenvalue weighted by atomic mass is 16.2. The maximum Gasteiger partial charge on any atom is 0.258 e. The molecule has 0 saturated heterocycles.